The first-order chi connectivity index (χ1) is 15.0. The van der Waals surface area contributed by atoms with Gasteiger partial charge in [-0.25, -0.2) is 9.59 Å². The molecular weight excluding hydrogens is 416 g/mol. The van der Waals surface area contributed by atoms with Crippen molar-refractivity contribution in [2.24, 2.45) is 11.3 Å². The van der Waals surface area contributed by atoms with E-state index in [1.54, 1.807) is 38.2 Å². The Morgan fingerprint density at radius 3 is 2.50 bits per heavy atom. The third-order valence-electron chi connectivity index (χ3n) is 7.14. The van der Waals surface area contributed by atoms with Crippen molar-refractivity contribution in [3.63, 3.8) is 0 Å². The lowest BCUT2D eigenvalue weighted by atomic mass is 9.62. The summed E-state index contributed by atoms with van der Waals surface area (Å²) in [5.74, 6) is -2.15. The number of hydrogen-bond donors (Lipinski definition) is 0. The zero-order valence-corrected chi connectivity index (χ0v) is 19.2. The number of cyclic esters (lactones) is 1. The van der Waals surface area contributed by atoms with Crippen molar-refractivity contribution in [2.45, 2.75) is 64.1 Å². The molecule has 0 spiro atoms. The van der Waals surface area contributed by atoms with Gasteiger partial charge in [-0.05, 0) is 52.0 Å². The predicted octanol–water partition coefficient (Wildman–Crippen LogP) is 2.96. The van der Waals surface area contributed by atoms with Crippen molar-refractivity contribution < 1.29 is 38.1 Å². The zero-order valence-electron chi connectivity index (χ0n) is 19.2. The van der Waals surface area contributed by atoms with Crippen LogP contribution in [0.2, 0.25) is 0 Å². The SMILES string of the molecule is COC(=O)C1=CC[C@@]23CC[C@@H]([C@@](C)(/C=C/C=C(\C)C(=O)OC)OC2=O)[C@@]3(OC(C)=O)CC1. The fourth-order valence-corrected chi connectivity index (χ4v) is 5.61. The molecule has 2 aliphatic carbocycles. The van der Waals surface area contributed by atoms with Gasteiger partial charge in [-0.2, -0.15) is 0 Å². The van der Waals surface area contributed by atoms with Gasteiger partial charge in [0.25, 0.3) is 0 Å². The van der Waals surface area contributed by atoms with E-state index >= 15 is 0 Å². The van der Waals surface area contributed by atoms with E-state index < -0.39 is 40.5 Å². The van der Waals surface area contributed by atoms with Crippen LogP contribution in [0.5, 0.6) is 0 Å². The molecule has 0 aromatic carbocycles. The Balaban J connectivity index is 2.04. The monoisotopic (exact) mass is 446 g/mol. The maximum Gasteiger partial charge on any atom is 0.333 e. The number of rotatable bonds is 5. The number of carbonyl (C=O) groups excluding carboxylic acids is 4. The molecule has 0 N–H and O–H groups in total. The van der Waals surface area contributed by atoms with Crippen LogP contribution in [0.1, 0.15) is 52.9 Å². The molecule has 1 aliphatic heterocycles. The summed E-state index contributed by atoms with van der Waals surface area (Å²) in [7, 11) is 2.62. The highest BCUT2D eigenvalue weighted by molar-refractivity contribution is 5.90. The largest absolute Gasteiger partial charge is 0.466 e. The van der Waals surface area contributed by atoms with Crippen LogP contribution in [0.15, 0.2) is 35.5 Å². The third-order valence-corrected chi connectivity index (χ3v) is 7.14. The van der Waals surface area contributed by atoms with E-state index in [-0.39, 0.29) is 12.3 Å². The molecule has 0 unspecified atom stereocenters. The Hall–Kier alpha value is -2.90. The molecule has 0 aromatic heterocycles. The van der Waals surface area contributed by atoms with Gasteiger partial charge in [0.15, 0.2) is 0 Å². The quantitative estimate of drug-likeness (QED) is 0.275. The van der Waals surface area contributed by atoms with E-state index in [0.717, 1.165) is 0 Å². The van der Waals surface area contributed by atoms with Gasteiger partial charge >= 0.3 is 23.9 Å². The van der Waals surface area contributed by atoms with Gasteiger partial charge in [-0.3, -0.25) is 9.59 Å². The lowest BCUT2D eigenvalue weighted by molar-refractivity contribution is -0.235. The first-order valence-electron chi connectivity index (χ1n) is 10.7. The Morgan fingerprint density at radius 2 is 1.88 bits per heavy atom. The van der Waals surface area contributed by atoms with E-state index in [1.165, 1.54) is 21.1 Å². The summed E-state index contributed by atoms with van der Waals surface area (Å²) < 4.78 is 21.5. The highest BCUT2D eigenvalue weighted by Crippen LogP contribution is 2.65. The molecule has 2 fully saturated rings. The first kappa shape index (κ1) is 23.8. The minimum absolute atomic E-state index is 0.237. The van der Waals surface area contributed by atoms with Crippen LogP contribution >= 0.6 is 0 Å². The molecule has 8 heteroatoms. The predicted molar refractivity (Wildman–Crippen MR) is 113 cm³/mol. The second kappa shape index (κ2) is 8.56. The van der Waals surface area contributed by atoms with Crippen molar-refractivity contribution in [1.82, 2.24) is 0 Å². The van der Waals surface area contributed by atoms with Crippen molar-refractivity contribution in [3.05, 3.63) is 35.5 Å². The molecule has 3 rings (SSSR count). The Labute approximate surface area is 187 Å². The number of ether oxygens (including phenoxy) is 4. The van der Waals surface area contributed by atoms with E-state index in [0.29, 0.717) is 36.8 Å². The van der Waals surface area contributed by atoms with E-state index in [9.17, 15) is 19.2 Å². The number of methoxy groups -OCH3 is 2. The van der Waals surface area contributed by atoms with Gasteiger partial charge in [0.05, 0.1) is 14.2 Å². The molecule has 0 aromatic rings. The molecule has 3 aliphatic rings. The van der Waals surface area contributed by atoms with Gasteiger partial charge in [0, 0.05) is 24.0 Å². The number of esters is 4. The molecule has 2 bridgehead atoms. The van der Waals surface area contributed by atoms with Crippen molar-refractivity contribution >= 4 is 23.9 Å². The lowest BCUT2D eigenvalue weighted by Crippen LogP contribution is -2.65. The van der Waals surface area contributed by atoms with Crippen molar-refractivity contribution in [2.75, 3.05) is 14.2 Å². The molecule has 4 atom stereocenters. The highest BCUT2D eigenvalue weighted by Gasteiger charge is 2.74. The maximum absolute atomic E-state index is 13.5. The summed E-state index contributed by atoms with van der Waals surface area (Å²) in [6.07, 6.45) is 8.66. The molecule has 1 saturated carbocycles. The average Bonchev–Trinajstić information content (AvgIpc) is 2.89. The van der Waals surface area contributed by atoms with Gasteiger partial charge in [-0.1, -0.05) is 18.2 Å². The second-order valence-corrected chi connectivity index (χ2v) is 8.86. The minimum atomic E-state index is -1.11. The van der Waals surface area contributed by atoms with Gasteiger partial charge in [-0.15, -0.1) is 0 Å². The van der Waals surface area contributed by atoms with Crippen LogP contribution in [0.4, 0.5) is 0 Å². The van der Waals surface area contributed by atoms with Crippen LogP contribution in [0, 0.1) is 11.3 Å². The fraction of sp³-hybridized carbons (Fsp3) is 0.583. The summed E-state index contributed by atoms with van der Waals surface area (Å²) in [4.78, 5) is 49.5. The number of hydrogen-bond acceptors (Lipinski definition) is 8. The van der Waals surface area contributed by atoms with Gasteiger partial charge in [0.1, 0.15) is 16.6 Å². The molecule has 8 nitrogen and oxygen atoms in total. The smallest absolute Gasteiger partial charge is 0.333 e. The molecule has 1 heterocycles. The van der Waals surface area contributed by atoms with Crippen LogP contribution in [0.25, 0.3) is 0 Å². The Morgan fingerprint density at radius 1 is 1.16 bits per heavy atom. The normalized spacial score (nSPS) is 34.2. The van der Waals surface area contributed by atoms with E-state index in [4.69, 9.17) is 18.9 Å². The maximum atomic E-state index is 13.5. The van der Waals surface area contributed by atoms with Crippen LogP contribution in [-0.2, 0) is 38.1 Å². The average molecular weight is 446 g/mol. The number of allylic oxidation sites excluding steroid dienone is 3. The standard InChI is InChI=1S/C24H30O8/c1-15(19(26)29-4)7-6-11-22(3)18-10-13-23(21(28)32-22)12-8-17(20(27)30-5)9-14-24(18,23)31-16(2)25/h6-8,11,18H,9-10,12-14H2,1-5H3/b11-6+,15-7+/t18-,22+,23+,24-/m0/s1. The van der Waals surface area contributed by atoms with E-state index in [2.05, 4.69) is 0 Å². The minimum Gasteiger partial charge on any atom is -0.466 e. The summed E-state index contributed by atoms with van der Waals surface area (Å²) in [5, 5.41) is 0. The topological polar surface area (TPSA) is 105 Å². The molecule has 0 amide bonds. The summed E-state index contributed by atoms with van der Waals surface area (Å²) in [6.45, 7) is 4.74. The molecule has 32 heavy (non-hydrogen) atoms. The Kier molecular flexibility index (Phi) is 6.36. The second-order valence-electron chi connectivity index (χ2n) is 8.86. The summed E-state index contributed by atoms with van der Waals surface area (Å²) in [6, 6.07) is 0. The van der Waals surface area contributed by atoms with Crippen molar-refractivity contribution in [3.8, 4) is 0 Å². The van der Waals surface area contributed by atoms with Crippen molar-refractivity contribution in [1.29, 1.82) is 0 Å². The zero-order chi connectivity index (χ0) is 23.7. The highest BCUT2D eigenvalue weighted by atomic mass is 16.6. The lowest BCUT2D eigenvalue weighted by Gasteiger charge is -2.54. The third kappa shape index (κ3) is 3.65. The van der Waals surface area contributed by atoms with Crippen LogP contribution in [-0.4, -0.2) is 49.3 Å². The van der Waals surface area contributed by atoms with E-state index in [1.807, 2.05) is 0 Å². The van der Waals surface area contributed by atoms with Gasteiger partial charge in [0.2, 0.25) is 0 Å². The van der Waals surface area contributed by atoms with Crippen LogP contribution in [0.3, 0.4) is 0 Å². The Bertz CT molecular complexity index is 928. The molecule has 1 saturated heterocycles. The summed E-state index contributed by atoms with van der Waals surface area (Å²) >= 11 is 0. The van der Waals surface area contributed by atoms with Gasteiger partial charge < -0.3 is 18.9 Å². The molecule has 0 radical (unpaired) electrons. The number of carbonyl (C=O) groups is 4. The first-order valence-corrected chi connectivity index (χ1v) is 10.7. The molecule has 174 valence electrons. The summed E-state index contributed by atoms with van der Waals surface area (Å²) in [5.41, 5.74) is -2.36. The fourth-order valence-electron chi connectivity index (χ4n) is 5.61. The van der Waals surface area contributed by atoms with Crippen LogP contribution < -0.4 is 0 Å². The molecular formula is C24H30O8.